The first-order valence-corrected chi connectivity index (χ1v) is 10.2. The molecule has 2 heterocycles. The van der Waals surface area contributed by atoms with E-state index in [9.17, 15) is 4.79 Å². The molecular weight excluding hydrogens is 324 g/mol. The van der Waals surface area contributed by atoms with Crippen LogP contribution < -0.4 is 5.32 Å². The van der Waals surface area contributed by atoms with Crippen LogP contribution in [-0.2, 0) is 6.54 Å². The van der Waals surface area contributed by atoms with E-state index in [4.69, 9.17) is 0 Å². The van der Waals surface area contributed by atoms with Gasteiger partial charge in [0.2, 0.25) is 0 Å². The van der Waals surface area contributed by atoms with Gasteiger partial charge in [-0.3, -0.25) is 4.90 Å². The Bertz CT molecular complexity index is 577. The van der Waals surface area contributed by atoms with Gasteiger partial charge < -0.3 is 15.1 Å². The molecule has 26 heavy (non-hydrogen) atoms. The van der Waals surface area contributed by atoms with Crippen LogP contribution in [0.2, 0.25) is 0 Å². The molecule has 0 aliphatic carbocycles. The number of urea groups is 1. The van der Waals surface area contributed by atoms with Crippen LogP contribution in [0.4, 0.5) is 4.79 Å². The Morgan fingerprint density at radius 2 is 1.77 bits per heavy atom. The van der Waals surface area contributed by atoms with Gasteiger partial charge in [0.05, 0.1) is 0 Å². The first-order chi connectivity index (χ1) is 12.6. The number of likely N-dealkylation sites (tertiary alicyclic amines) is 1. The van der Waals surface area contributed by atoms with Crippen LogP contribution >= 0.6 is 0 Å². The van der Waals surface area contributed by atoms with Gasteiger partial charge in [-0.2, -0.15) is 0 Å². The van der Waals surface area contributed by atoms with Crippen LogP contribution in [0.3, 0.4) is 0 Å². The summed E-state index contributed by atoms with van der Waals surface area (Å²) >= 11 is 0. The fourth-order valence-electron chi connectivity index (χ4n) is 4.00. The number of carbonyl (C=O) groups excluding carboxylic acids is 1. The minimum atomic E-state index is 0.106. The monoisotopic (exact) mass is 358 g/mol. The van der Waals surface area contributed by atoms with Crippen LogP contribution in [0.1, 0.15) is 37.3 Å². The van der Waals surface area contributed by atoms with E-state index in [1.54, 1.807) is 0 Å². The predicted molar refractivity (Wildman–Crippen MR) is 106 cm³/mol. The first kappa shape index (κ1) is 19.2. The molecule has 2 saturated heterocycles. The van der Waals surface area contributed by atoms with Crippen LogP contribution in [0.15, 0.2) is 24.3 Å². The number of nitrogens with one attached hydrogen (secondary N) is 1. The van der Waals surface area contributed by atoms with E-state index in [0.717, 1.165) is 45.7 Å². The predicted octanol–water partition coefficient (Wildman–Crippen LogP) is 2.70. The van der Waals surface area contributed by atoms with E-state index >= 15 is 0 Å². The van der Waals surface area contributed by atoms with E-state index in [1.165, 1.54) is 37.1 Å². The fraction of sp³-hybridized carbons (Fsp3) is 0.667. The van der Waals surface area contributed by atoms with Gasteiger partial charge in [-0.25, -0.2) is 4.79 Å². The molecule has 3 rings (SSSR count). The summed E-state index contributed by atoms with van der Waals surface area (Å²) in [4.78, 5) is 19.4. The second kappa shape index (κ2) is 9.38. The van der Waals surface area contributed by atoms with Crippen molar-refractivity contribution in [2.45, 2.75) is 45.7 Å². The van der Waals surface area contributed by atoms with E-state index in [-0.39, 0.29) is 6.03 Å². The molecule has 1 aromatic rings. The maximum atomic E-state index is 12.4. The highest BCUT2D eigenvalue weighted by atomic mass is 16.2. The molecule has 1 unspecified atom stereocenters. The zero-order valence-electron chi connectivity index (χ0n) is 16.4. The van der Waals surface area contributed by atoms with Gasteiger partial charge >= 0.3 is 6.03 Å². The molecule has 1 aromatic carbocycles. The van der Waals surface area contributed by atoms with Gasteiger partial charge in [0.1, 0.15) is 0 Å². The Kier molecular flexibility index (Phi) is 6.92. The quantitative estimate of drug-likeness (QED) is 0.850. The van der Waals surface area contributed by atoms with Crippen LogP contribution in [0.5, 0.6) is 0 Å². The number of piperazine rings is 1. The summed E-state index contributed by atoms with van der Waals surface area (Å²) in [7, 11) is 0. The standard InChI is InChI=1S/C21H34N4O/c1-18-7-3-4-8-20(18)17-23-13-15-25(16-14-23)21(26)22-10-9-19(2)24-11-5-6-12-24/h3-4,7-8,19H,5-6,9-17H2,1-2H3,(H,22,26). The second-order valence-corrected chi connectivity index (χ2v) is 7.80. The zero-order valence-corrected chi connectivity index (χ0v) is 16.4. The SMILES string of the molecule is Cc1ccccc1CN1CCN(C(=O)NCCC(C)N2CCCC2)CC1. The highest BCUT2D eigenvalue weighted by Gasteiger charge is 2.22. The number of nitrogens with zero attached hydrogens (tertiary/aromatic N) is 3. The van der Waals surface area contributed by atoms with Crippen LogP contribution in [-0.4, -0.2) is 72.6 Å². The molecular formula is C21H34N4O. The summed E-state index contributed by atoms with van der Waals surface area (Å²) in [5.74, 6) is 0. The number of carbonyl (C=O) groups is 1. The Morgan fingerprint density at radius 1 is 1.08 bits per heavy atom. The van der Waals surface area contributed by atoms with Crippen molar-refractivity contribution in [3.63, 3.8) is 0 Å². The Hall–Kier alpha value is -1.59. The van der Waals surface area contributed by atoms with Crippen LogP contribution in [0, 0.1) is 6.92 Å². The van der Waals surface area contributed by atoms with Crippen molar-refractivity contribution < 1.29 is 4.79 Å². The molecule has 144 valence electrons. The highest BCUT2D eigenvalue weighted by molar-refractivity contribution is 5.74. The van der Waals surface area contributed by atoms with Gasteiger partial charge in [0, 0.05) is 45.3 Å². The van der Waals surface area contributed by atoms with Crippen molar-refractivity contribution >= 4 is 6.03 Å². The lowest BCUT2D eigenvalue weighted by molar-refractivity contribution is 0.134. The lowest BCUT2D eigenvalue weighted by Gasteiger charge is -2.35. The maximum absolute atomic E-state index is 12.4. The molecule has 0 saturated carbocycles. The third-order valence-corrected chi connectivity index (χ3v) is 5.92. The van der Waals surface area contributed by atoms with Gasteiger partial charge in [0.25, 0.3) is 0 Å². The smallest absolute Gasteiger partial charge is 0.317 e. The lowest BCUT2D eigenvalue weighted by Crippen LogP contribution is -2.51. The van der Waals surface area contributed by atoms with Crippen LogP contribution in [0.25, 0.3) is 0 Å². The number of benzene rings is 1. The largest absolute Gasteiger partial charge is 0.338 e. The lowest BCUT2D eigenvalue weighted by atomic mass is 10.1. The summed E-state index contributed by atoms with van der Waals surface area (Å²) in [6, 6.07) is 9.25. The van der Waals surface area contributed by atoms with Crippen molar-refractivity contribution in [2.24, 2.45) is 0 Å². The van der Waals surface area contributed by atoms with Gasteiger partial charge in [-0.15, -0.1) is 0 Å². The van der Waals surface area contributed by atoms with Crippen molar-refractivity contribution in [2.75, 3.05) is 45.8 Å². The molecule has 2 fully saturated rings. The Morgan fingerprint density at radius 3 is 2.46 bits per heavy atom. The molecule has 0 aromatic heterocycles. The molecule has 0 bridgehead atoms. The Labute approximate surface area is 158 Å². The first-order valence-electron chi connectivity index (χ1n) is 10.2. The summed E-state index contributed by atoms with van der Waals surface area (Å²) < 4.78 is 0. The highest BCUT2D eigenvalue weighted by Crippen LogP contribution is 2.14. The minimum Gasteiger partial charge on any atom is -0.338 e. The zero-order chi connectivity index (χ0) is 18.4. The summed E-state index contributed by atoms with van der Waals surface area (Å²) in [6.07, 6.45) is 3.69. The summed E-state index contributed by atoms with van der Waals surface area (Å²) in [5, 5.41) is 3.12. The molecule has 5 heteroatoms. The number of amides is 2. The van der Waals surface area contributed by atoms with Crippen molar-refractivity contribution in [3.05, 3.63) is 35.4 Å². The van der Waals surface area contributed by atoms with E-state index in [0.29, 0.717) is 6.04 Å². The average molecular weight is 359 g/mol. The van der Waals surface area contributed by atoms with E-state index in [2.05, 4.69) is 53.2 Å². The van der Waals surface area contributed by atoms with Crippen molar-refractivity contribution in [3.8, 4) is 0 Å². The average Bonchev–Trinajstić information content (AvgIpc) is 3.19. The normalized spacial score (nSPS) is 20.3. The molecule has 2 aliphatic rings. The molecule has 2 amide bonds. The summed E-state index contributed by atoms with van der Waals surface area (Å²) in [5.41, 5.74) is 2.74. The molecule has 0 spiro atoms. The number of hydrogen-bond donors (Lipinski definition) is 1. The maximum Gasteiger partial charge on any atom is 0.317 e. The minimum absolute atomic E-state index is 0.106. The summed E-state index contributed by atoms with van der Waals surface area (Å²) in [6.45, 7) is 12.2. The van der Waals surface area contributed by atoms with Gasteiger partial charge in [0.15, 0.2) is 0 Å². The molecule has 0 radical (unpaired) electrons. The molecule has 2 aliphatic heterocycles. The molecule has 1 atom stereocenters. The van der Waals surface area contributed by atoms with Crippen molar-refractivity contribution in [1.29, 1.82) is 0 Å². The third-order valence-electron chi connectivity index (χ3n) is 5.92. The molecule has 1 N–H and O–H groups in total. The Balaban J connectivity index is 1.35. The second-order valence-electron chi connectivity index (χ2n) is 7.80. The number of rotatable bonds is 6. The van der Waals surface area contributed by atoms with Gasteiger partial charge in [-0.1, -0.05) is 24.3 Å². The fourth-order valence-corrected chi connectivity index (χ4v) is 4.00. The molecule has 5 nitrogen and oxygen atoms in total. The van der Waals surface area contributed by atoms with Gasteiger partial charge in [-0.05, 0) is 57.3 Å². The van der Waals surface area contributed by atoms with E-state index < -0.39 is 0 Å². The topological polar surface area (TPSA) is 38.8 Å². The third kappa shape index (κ3) is 5.21. The van der Waals surface area contributed by atoms with E-state index in [1.807, 2.05) is 4.90 Å². The number of aryl methyl sites for hydroxylation is 1. The van der Waals surface area contributed by atoms with Crippen molar-refractivity contribution in [1.82, 2.24) is 20.0 Å². The number of hydrogen-bond acceptors (Lipinski definition) is 3.